The lowest BCUT2D eigenvalue weighted by Gasteiger charge is -2.12. The topological polar surface area (TPSA) is 88.3 Å². The number of anilines is 2. The third-order valence-corrected chi connectivity index (χ3v) is 3.88. The Balaban J connectivity index is 1.91. The summed E-state index contributed by atoms with van der Waals surface area (Å²) in [5.74, 6) is 1.30. The molecule has 2 amide bonds. The number of aryl methyl sites for hydroxylation is 1. The van der Waals surface area contributed by atoms with Crippen molar-refractivity contribution in [1.82, 2.24) is 10.2 Å². The summed E-state index contributed by atoms with van der Waals surface area (Å²) in [5, 5.41) is 12.9. The Hall–Kier alpha value is -3.48. The van der Waals surface area contributed by atoms with Crippen molar-refractivity contribution in [2.45, 2.75) is 6.92 Å². The number of H-pyrrole nitrogens is 1. The molecule has 0 fully saturated rings. The first-order valence-corrected chi connectivity index (χ1v) is 8.02. The minimum absolute atomic E-state index is 0.358. The number of benzene rings is 2. The molecular formula is C19H20N4O3. The first kappa shape index (κ1) is 17.3. The number of hydrogen-bond donors (Lipinski definition) is 3. The van der Waals surface area contributed by atoms with Crippen LogP contribution in [0, 0.1) is 6.92 Å². The largest absolute Gasteiger partial charge is 0.497 e. The van der Waals surface area contributed by atoms with Gasteiger partial charge >= 0.3 is 6.03 Å². The third kappa shape index (κ3) is 3.61. The zero-order chi connectivity index (χ0) is 18.5. The number of urea groups is 1. The van der Waals surface area contributed by atoms with Gasteiger partial charge in [0.1, 0.15) is 17.2 Å². The van der Waals surface area contributed by atoms with Crippen LogP contribution < -0.4 is 20.1 Å². The van der Waals surface area contributed by atoms with E-state index in [9.17, 15) is 4.79 Å². The van der Waals surface area contributed by atoms with E-state index in [0.29, 0.717) is 34.1 Å². The van der Waals surface area contributed by atoms with E-state index in [1.807, 2.05) is 43.3 Å². The molecular weight excluding hydrogens is 332 g/mol. The van der Waals surface area contributed by atoms with Gasteiger partial charge in [0.05, 0.1) is 25.6 Å². The van der Waals surface area contributed by atoms with Crippen molar-refractivity contribution in [3.8, 4) is 22.8 Å². The average molecular weight is 352 g/mol. The molecule has 0 unspecified atom stereocenters. The fraction of sp³-hybridized carbons (Fsp3) is 0.158. The van der Waals surface area contributed by atoms with E-state index in [0.717, 1.165) is 5.69 Å². The molecule has 0 saturated carbocycles. The zero-order valence-electron chi connectivity index (χ0n) is 14.8. The maximum absolute atomic E-state index is 12.4. The first-order valence-electron chi connectivity index (χ1n) is 8.02. The van der Waals surface area contributed by atoms with Gasteiger partial charge in [-0.25, -0.2) is 4.79 Å². The first-order chi connectivity index (χ1) is 12.6. The highest BCUT2D eigenvalue weighted by Crippen LogP contribution is 2.37. The highest BCUT2D eigenvalue weighted by atomic mass is 16.5. The highest BCUT2D eigenvalue weighted by Gasteiger charge is 2.19. The lowest BCUT2D eigenvalue weighted by atomic mass is 10.1. The Morgan fingerprint density at radius 2 is 1.81 bits per heavy atom. The number of carbonyl (C=O) groups excluding carboxylic acids is 1. The summed E-state index contributed by atoms with van der Waals surface area (Å²) >= 11 is 0. The maximum Gasteiger partial charge on any atom is 0.323 e. The minimum atomic E-state index is -0.358. The number of ether oxygens (including phenoxy) is 2. The van der Waals surface area contributed by atoms with E-state index < -0.39 is 0 Å². The molecule has 1 heterocycles. The fourth-order valence-corrected chi connectivity index (χ4v) is 2.57. The van der Waals surface area contributed by atoms with Gasteiger partial charge in [-0.1, -0.05) is 18.2 Å². The summed E-state index contributed by atoms with van der Waals surface area (Å²) in [5.41, 5.74) is 3.29. The smallest absolute Gasteiger partial charge is 0.323 e. The SMILES string of the molecule is COc1ccc(OC)c(-c2n[nH]c(C)c2NC(=O)Nc2ccccc2)c1. The molecule has 7 heteroatoms. The summed E-state index contributed by atoms with van der Waals surface area (Å²) < 4.78 is 10.7. The van der Waals surface area contributed by atoms with Crippen LogP contribution in [0.5, 0.6) is 11.5 Å². The summed E-state index contributed by atoms with van der Waals surface area (Å²) in [6.07, 6.45) is 0. The Morgan fingerprint density at radius 1 is 1.04 bits per heavy atom. The number of nitrogens with zero attached hydrogens (tertiary/aromatic N) is 1. The molecule has 134 valence electrons. The molecule has 26 heavy (non-hydrogen) atoms. The summed E-state index contributed by atoms with van der Waals surface area (Å²) in [7, 11) is 3.17. The van der Waals surface area contributed by atoms with Crippen LogP contribution in [0.15, 0.2) is 48.5 Å². The second kappa shape index (κ2) is 7.60. The number of amides is 2. The number of hydrogen-bond acceptors (Lipinski definition) is 4. The predicted molar refractivity (Wildman–Crippen MR) is 101 cm³/mol. The van der Waals surface area contributed by atoms with E-state index in [1.165, 1.54) is 0 Å². The van der Waals surface area contributed by atoms with Gasteiger partial charge < -0.3 is 20.1 Å². The van der Waals surface area contributed by atoms with Gasteiger partial charge in [-0.2, -0.15) is 5.10 Å². The van der Waals surface area contributed by atoms with E-state index in [2.05, 4.69) is 20.8 Å². The molecule has 0 atom stereocenters. The van der Waals surface area contributed by atoms with Crippen LogP contribution in [0.1, 0.15) is 5.69 Å². The van der Waals surface area contributed by atoms with Crippen LogP contribution >= 0.6 is 0 Å². The Morgan fingerprint density at radius 3 is 2.50 bits per heavy atom. The molecule has 2 aromatic carbocycles. The number of carbonyl (C=O) groups is 1. The molecule has 0 aliphatic heterocycles. The maximum atomic E-state index is 12.4. The van der Waals surface area contributed by atoms with E-state index in [4.69, 9.17) is 9.47 Å². The van der Waals surface area contributed by atoms with Gasteiger partial charge in [-0.05, 0) is 37.3 Å². The molecule has 3 N–H and O–H groups in total. The Kier molecular flexibility index (Phi) is 5.07. The summed E-state index contributed by atoms with van der Waals surface area (Å²) in [4.78, 5) is 12.4. The fourth-order valence-electron chi connectivity index (χ4n) is 2.57. The number of para-hydroxylation sites is 1. The van der Waals surface area contributed by atoms with Crippen LogP contribution in [-0.2, 0) is 0 Å². The average Bonchev–Trinajstić information content (AvgIpc) is 3.02. The molecule has 3 rings (SSSR count). The number of nitrogens with one attached hydrogen (secondary N) is 3. The number of rotatable bonds is 5. The van der Waals surface area contributed by atoms with Crippen molar-refractivity contribution in [2.75, 3.05) is 24.9 Å². The molecule has 7 nitrogen and oxygen atoms in total. The predicted octanol–water partition coefficient (Wildman–Crippen LogP) is 4.05. The molecule has 0 aliphatic carbocycles. The highest BCUT2D eigenvalue weighted by molar-refractivity contribution is 6.02. The van der Waals surface area contributed by atoms with E-state index >= 15 is 0 Å². The molecule has 3 aromatic rings. The van der Waals surface area contributed by atoms with Crippen LogP contribution in [0.2, 0.25) is 0 Å². The van der Waals surface area contributed by atoms with Crippen LogP contribution in [0.3, 0.4) is 0 Å². The van der Waals surface area contributed by atoms with E-state index in [1.54, 1.807) is 26.4 Å². The van der Waals surface area contributed by atoms with Gasteiger partial charge in [-0.3, -0.25) is 5.10 Å². The standard InChI is InChI=1S/C19H20N4O3/c1-12-17(21-19(24)20-13-7-5-4-6-8-13)18(23-22-12)15-11-14(25-2)9-10-16(15)26-3/h4-11H,1-3H3,(H,22,23)(H2,20,21,24). The van der Waals surface area contributed by atoms with Crippen molar-refractivity contribution in [3.63, 3.8) is 0 Å². The second-order valence-corrected chi connectivity index (χ2v) is 5.58. The summed E-state index contributed by atoms with van der Waals surface area (Å²) in [6, 6.07) is 14.3. The van der Waals surface area contributed by atoms with Crippen molar-refractivity contribution < 1.29 is 14.3 Å². The zero-order valence-corrected chi connectivity index (χ0v) is 14.8. The van der Waals surface area contributed by atoms with Gasteiger partial charge in [0.25, 0.3) is 0 Å². The third-order valence-electron chi connectivity index (χ3n) is 3.88. The van der Waals surface area contributed by atoms with Gasteiger partial charge in [0, 0.05) is 11.3 Å². The van der Waals surface area contributed by atoms with Crippen LogP contribution in [0.25, 0.3) is 11.3 Å². The lowest BCUT2D eigenvalue weighted by molar-refractivity contribution is 0.262. The Labute approximate surface area is 151 Å². The quantitative estimate of drug-likeness (QED) is 0.646. The second-order valence-electron chi connectivity index (χ2n) is 5.58. The van der Waals surface area contributed by atoms with Crippen molar-refractivity contribution in [3.05, 3.63) is 54.2 Å². The molecule has 0 bridgehead atoms. The van der Waals surface area contributed by atoms with Crippen LogP contribution in [0.4, 0.5) is 16.2 Å². The van der Waals surface area contributed by atoms with Gasteiger partial charge in [0.2, 0.25) is 0 Å². The molecule has 0 aliphatic rings. The van der Waals surface area contributed by atoms with Gasteiger partial charge in [-0.15, -0.1) is 0 Å². The Bertz CT molecular complexity index is 906. The minimum Gasteiger partial charge on any atom is -0.497 e. The number of methoxy groups -OCH3 is 2. The number of aromatic nitrogens is 2. The lowest BCUT2D eigenvalue weighted by Crippen LogP contribution is -2.20. The van der Waals surface area contributed by atoms with Crippen molar-refractivity contribution in [2.24, 2.45) is 0 Å². The number of aromatic amines is 1. The van der Waals surface area contributed by atoms with E-state index in [-0.39, 0.29) is 6.03 Å². The summed E-state index contributed by atoms with van der Waals surface area (Å²) in [6.45, 7) is 1.83. The van der Waals surface area contributed by atoms with Crippen molar-refractivity contribution >= 4 is 17.4 Å². The molecule has 0 spiro atoms. The molecule has 0 radical (unpaired) electrons. The molecule has 0 saturated heterocycles. The normalized spacial score (nSPS) is 10.3. The van der Waals surface area contributed by atoms with Gasteiger partial charge in [0.15, 0.2) is 0 Å². The van der Waals surface area contributed by atoms with Crippen molar-refractivity contribution in [1.29, 1.82) is 0 Å². The monoisotopic (exact) mass is 352 g/mol. The van der Waals surface area contributed by atoms with Crippen LogP contribution in [-0.4, -0.2) is 30.4 Å². The molecule has 1 aromatic heterocycles.